The highest BCUT2D eigenvalue weighted by Crippen LogP contribution is 2.23. The van der Waals surface area contributed by atoms with E-state index in [0.29, 0.717) is 5.02 Å². The van der Waals surface area contributed by atoms with Gasteiger partial charge in [-0.2, -0.15) is 0 Å². The number of pyridine rings is 1. The third-order valence-electron chi connectivity index (χ3n) is 4.24. The molecule has 2 aromatic rings. The number of aromatic nitrogens is 1. The zero-order chi connectivity index (χ0) is 16.1. The molecule has 1 aromatic heterocycles. The minimum atomic E-state index is 0.220. The van der Waals surface area contributed by atoms with Crippen molar-refractivity contribution in [3.63, 3.8) is 0 Å². The Balaban J connectivity index is 1.56. The van der Waals surface area contributed by atoms with Gasteiger partial charge in [0, 0.05) is 43.6 Å². The molecule has 0 unspecified atom stereocenters. The molecule has 1 aromatic carbocycles. The smallest absolute Gasteiger partial charge is 0.117 e. The predicted molar refractivity (Wildman–Crippen MR) is 92.5 cm³/mol. The molecule has 4 nitrogen and oxygen atoms in total. The van der Waals surface area contributed by atoms with Crippen molar-refractivity contribution in [2.45, 2.75) is 19.5 Å². The Kier molecular flexibility index (Phi) is 5.49. The topological polar surface area (TPSA) is 39.6 Å². The molecule has 2 heterocycles. The Morgan fingerprint density at radius 2 is 1.83 bits per heavy atom. The van der Waals surface area contributed by atoms with Gasteiger partial charge in [0.05, 0.1) is 0 Å². The summed E-state index contributed by atoms with van der Waals surface area (Å²) < 4.78 is 0. The number of halogens is 1. The lowest BCUT2D eigenvalue weighted by Gasteiger charge is -2.22. The van der Waals surface area contributed by atoms with Crippen LogP contribution >= 0.6 is 11.6 Å². The summed E-state index contributed by atoms with van der Waals surface area (Å²) in [6.07, 6.45) is 4.91. The standard InChI is InChI=1S/C18H22ClN3O/c19-18-11-17(23)5-4-16(18)14-22-8-2-7-21(9-10-22)13-15-3-1-6-20-12-15/h1,3-6,11-12,23H,2,7-10,13-14H2. The zero-order valence-electron chi connectivity index (χ0n) is 13.2. The first-order chi connectivity index (χ1) is 11.2. The minimum Gasteiger partial charge on any atom is -0.508 e. The van der Waals surface area contributed by atoms with Crippen molar-refractivity contribution in [2.24, 2.45) is 0 Å². The second kappa shape index (κ2) is 7.77. The lowest BCUT2D eigenvalue weighted by Crippen LogP contribution is -2.30. The van der Waals surface area contributed by atoms with Crippen LogP contribution in [0.3, 0.4) is 0 Å². The van der Waals surface area contributed by atoms with Gasteiger partial charge in [-0.1, -0.05) is 23.7 Å². The van der Waals surface area contributed by atoms with Crippen LogP contribution in [0.4, 0.5) is 0 Å². The maximum atomic E-state index is 9.45. The van der Waals surface area contributed by atoms with Crippen molar-refractivity contribution >= 4 is 11.6 Å². The summed E-state index contributed by atoms with van der Waals surface area (Å²) >= 11 is 6.22. The number of benzene rings is 1. The van der Waals surface area contributed by atoms with Crippen LogP contribution < -0.4 is 0 Å². The monoisotopic (exact) mass is 331 g/mol. The summed E-state index contributed by atoms with van der Waals surface area (Å²) in [5.41, 5.74) is 2.34. The summed E-state index contributed by atoms with van der Waals surface area (Å²) in [5, 5.41) is 10.1. The van der Waals surface area contributed by atoms with E-state index in [2.05, 4.69) is 20.9 Å². The molecule has 0 bridgehead atoms. The molecule has 1 aliphatic heterocycles. The number of hydrogen-bond acceptors (Lipinski definition) is 4. The first-order valence-electron chi connectivity index (χ1n) is 8.02. The van der Waals surface area contributed by atoms with Crippen molar-refractivity contribution in [3.05, 3.63) is 58.9 Å². The zero-order valence-corrected chi connectivity index (χ0v) is 13.9. The van der Waals surface area contributed by atoms with Crippen LogP contribution in [0.15, 0.2) is 42.7 Å². The number of aromatic hydroxyl groups is 1. The average Bonchev–Trinajstić information content (AvgIpc) is 2.77. The van der Waals surface area contributed by atoms with E-state index in [1.54, 1.807) is 12.1 Å². The van der Waals surface area contributed by atoms with Crippen molar-refractivity contribution in [3.8, 4) is 5.75 Å². The van der Waals surface area contributed by atoms with Gasteiger partial charge in [0.2, 0.25) is 0 Å². The maximum absolute atomic E-state index is 9.45. The lowest BCUT2D eigenvalue weighted by molar-refractivity contribution is 0.247. The van der Waals surface area contributed by atoms with Crippen molar-refractivity contribution in [1.82, 2.24) is 14.8 Å². The average molecular weight is 332 g/mol. The Bertz CT molecular complexity index is 635. The van der Waals surface area contributed by atoms with E-state index in [1.807, 2.05) is 24.5 Å². The minimum absolute atomic E-state index is 0.220. The molecule has 0 atom stereocenters. The molecule has 0 amide bonds. The fraction of sp³-hybridized carbons (Fsp3) is 0.389. The van der Waals surface area contributed by atoms with Crippen LogP contribution in [0.2, 0.25) is 5.02 Å². The fourth-order valence-corrected chi connectivity index (χ4v) is 3.23. The van der Waals surface area contributed by atoms with Gasteiger partial charge in [-0.25, -0.2) is 0 Å². The molecule has 122 valence electrons. The van der Waals surface area contributed by atoms with Crippen LogP contribution in [0.1, 0.15) is 17.5 Å². The van der Waals surface area contributed by atoms with Gasteiger partial charge in [-0.15, -0.1) is 0 Å². The third kappa shape index (κ3) is 4.67. The number of nitrogens with zero attached hydrogens (tertiary/aromatic N) is 3. The molecule has 23 heavy (non-hydrogen) atoms. The number of phenols is 1. The summed E-state index contributed by atoms with van der Waals surface area (Å²) in [4.78, 5) is 9.10. The second-order valence-electron chi connectivity index (χ2n) is 6.04. The SMILES string of the molecule is Oc1ccc(CN2CCCN(Cc3cccnc3)CC2)c(Cl)c1. The first kappa shape index (κ1) is 16.2. The van der Waals surface area contributed by atoms with E-state index in [4.69, 9.17) is 11.6 Å². The van der Waals surface area contributed by atoms with Crippen LogP contribution in [0, 0.1) is 0 Å². The fourth-order valence-electron chi connectivity index (χ4n) is 3.00. The summed E-state index contributed by atoms with van der Waals surface area (Å²) in [6, 6.07) is 9.35. The summed E-state index contributed by atoms with van der Waals surface area (Å²) in [7, 11) is 0. The predicted octanol–water partition coefficient (Wildman–Crippen LogP) is 3.15. The quantitative estimate of drug-likeness (QED) is 0.934. The number of phenolic OH excluding ortho intramolecular Hbond substituents is 1. The van der Waals surface area contributed by atoms with E-state index in [0.717, 1.165) is 51.3 Å². The molecule has 0 saturated carbocycles. The molecular formula is C18H22ClN3O. The lowest BCUT2D eigenvalue weighted by atomic mass is 10.2. The van der Waals surface area contributed by atoms with Crippen molar-refractivity contribution < 1.29 is 5.11 Å². The van der Waals surface area contributed by atoms with Crippen LogP contribution in [-0.4, -0.2) is 46.1 Å². The van der Waals surface area contributed by atoms with Crippen LogP contribution in [0.5, 0.6) is 5.75 Å². The molecule has 1 N–H and O–H groups in total. The largest absolute Gasteiger partial charge is 0.508 e. The Morgan fingerprint density at radius 3 is 2.52 bits per heavy atom. The molecule has 5 heteroatoms. The Morgan fingerprint density at radius 1 is 1.04 bits per heavy atom. The molecule has 0 radical (unpaired) electrons. The van der Waals surface area contributed by atoms with Gasteiger partial charge < -0.3 is 5.11 Å². The van der Waals surface area contributed by atoms with Gasteiger partial charge in [0.1, 0.15) is 5.75 Å². The van der Waals surface area contributed by atoms with E-state index in [9.17, 15) is 5.11 Å². The first-order valence-corrected chi connectivity index (χ1v) is 8.39. The maximum Gasteiger partial charge on any atom is 0.117 e. The van der Waals surface area contributed by atoms with Gasteiger partial charge in [0.25, 0.3) is 0 Å². The summed E-state index contributed by atoms with van der Waals surface area (Å²) in [5.74, 6) is 0.220. The van der Waals surface area contributed by atoms with E-state index >= 15 is 0 Å². The normalized spacial score (nSPS) is 17.1. The van der Waals surface area contributed by atoms with Gasteiger partial charge in [0.15, 0.2) is 0 Å². The van der Waals surface area contributed by atoms with Crippen LogP contribution in [-0.2, 0) is 13.1 Å². The van der Waals surface area contributed by atoms with Crippen molar-refractivity contribution in [2.75, 3.05) is 26.2 Å². The number of hydrogen-bond donors (Lipinski definition) is 1. The molecule has 1 aliphatic rings. The Hall–Kier alpha value is -1.62. The van der Waals surface area contributed by atoms with E-state index in [1.165, 1.54) is 5.56 Å². The molecule has 1 saturated heterocycles. The molecule has 1 fully saturated rings. The molecule has 3 rings (SSSR count). The highest BCUT2D eigenvalue weighted by molar-refractivity contribution is 6.31. The molecular weight excluding hydrogens is 310 g/mol. The number of rotatable bonds is 4. The van der Waals surface area contributed by atoms with Gasteiger partial charge in [-0.3, -0.25) is 14.8 Å². The van der Waals surface area contributed by atoms with Crippen molar-refractivity contribution in [1.29, 1.82) is 0 Å². The summed E-state index contributed by atoms with van der Waals surface area (Å²) in [6.45, 7) is 6.04. The molecule has 0 spiro atoms. The highest BCUT2D eigenvalue weighted by atomic mass is 35.5. The Labute approximate surface area is 142 Å². The third-order valence-corrected chi connectivity index (χ3v) is 4.59. The molecule has 0 aliphatic carbocycles. The van der Waals surface area contributed by atoms with Gasteiger partial charge in [-0.05, 0) is 48.8 Å². The van der Waals surface area contributed by atoms with Gasteiger partial charge >= 0.3 is 0 Å². The second-order valence-corrected chi connectivity index (χ2v) is 6.45. The van der Waals surface area contributed by atoms with Crippen LogP contribution in [0.25, 0.3) is 0 Å². The van der Waals surface area contributed by atoms with E-state index < -0.39 is 0 Å². The highest BCUT2D eigenvalue weighted by Gasteiger charge is 2.16. The van der Waals surface area contributed by atoms with E-state index in [-0.39, 0.29) is 5.75 Å².